The first kappa shape index (κ1) is 9.93. The van der Waals surface area contributed by atoms with Gasteiger partial charge in [-0.2, -0.15) is 0 Å². The van der Waals surface area contributed by atoms with E-state index in [4.69, 9.17) is 4.74 Å². The molecule has 1 aliphatic rings. The Bertz CT molecular complexity index is 328. The van der Waals surface area contributed by atoms with E-state index in [1.54, 1.807) is 12.1 Å². The molecule has 0 aromatic heterocycles. The average Bonchev–Trinajstić information content (AvgIpc) is 2.08. The molecule has 4 heteroatoms. The zero-order valence-corrected chi connectivity index (χ0v) is 9.18. The van der Waals surface area contributed by atoms with Gasteiger partial charge in [0.15, 0.2) is 11.6 Å². The maximum Gasteiger partial charge on any atom is 0.165 e. The molecule has 0 saturated carbocycles. The molecule has 0 radical (unpaired) electrons. The summed E-state index contributed by atoms with van der Waals surface area (Å²) in [7, 11) is 0. The third-order valence-corrected chi connectivity index (χ3v) is 2.75. The van der Waals surface area contributed by atoms with Gasteiger partial charge in [-0.15, -0.1) is 0 Å². The summed E-state index contributed by atoms with van der Waals surface area (Å²) in [6.45, 7) is 1.57. The van der Waals surface area contributed by atoms with Gasteiger partial charge in [0.05, 0.1) is 0 Å². The van der Waals surface area contributed by atoms with Gasteiger partial charge in [-0.3, -0.25) is 0 Å². The van der Waals surface area contributed by atoms with E-state index in [2.05, 4.69) is 21.2 Å². The lowest BCUT2D eigenvalue weighted by Crippen LogP contribution is -2.46. The number of nitrogens with one attached hydrogen (secondary N) is 1. The summed E-state index contributed by atoms with van der Waals surface area (Å²) in [4.78, 5) is 0. The van der Waals surface area contributed by atoms with Gasteiger partial charge in [-0.05, 0) is 31.2 Å². The maximum atomic E-state index is 13.2. The predicted molar refractivity (Wildman–Crippen MR) is 56.0 cm³/mol. The molecule has 1 N–H and O–H groups in total. The molecule has 76 valence electrons. The SMILES string of the molecule is Fc1ccc(Br)cc1OCC1CCN1. The summed E-state index contributed by atoms with van der Waals surface area (Å²) in [5, 5.41) is 3.19. The van der Waals surface area contributed by atoms with Crippen molar-refractivity contribution < 1.29 is 9.13 Å². The van der Waals surface area contributed by atoms with Gasteiger partial charge in [0.1, 0.15) is 6.61 Å². The molecule has 1 aromatic carbocycles. The summed E-state index contributed by atoms with van der Waals surface area (Å²) >= 11 is 3.27. The van der Waals surface area contributed by atoms with E-state index in [-0.39, 0.29) is 5.82 Å². The number of ether oxygens (including phenoxy) is 1. The van der Waals surface area contributed by atoms with Crippen LogP contribution in [0.15, 0.2) is 22.7 Å². The Balaban J connectivity index is 1.96. The van der Waals surface area contributed by atoms with Crippen LogP contribution in [-0.2, 0) is 0 Å². The highest BCUT2D eigenvalue weighted by atomic mass is 79.9. The van der Waals surface area contributed by atoms with Crippen LogP contribution in [0.3, 0.4) is 0 Å². The highest BCUT2D eigenvalue weighted by Crippen LogP contribution is 2.22. The molecule has 1 atom stereocenters. The van der Waals surface area contributed by atoms with Crippen LogP contribution in [0, 0.1) is 5.82 Å². The van der Waals surface area contributed by atoms with Crippen LogP contribution in [-0.4, -0.2) is 19.2 Å². The fraction of sp³-hybridized carbons (Fsp3) is 0.400. The Morgan fingerprint density at radius 1 is 1.57 bits per heavy atom. The van der Waals surface area contributed by atoms with E-state index >= 15 is 0 Å². The van der Waals surface area contributed by atoms with Crippen molar-refractivity contribution in [3.05, 3.63) is 28.5 Å². The Morgan fingerprint density at radius 3 is 3.00 bits per heavy atom. The zero-order valence-electron chi connectivity index (χ0n) is 7.59. The van der Waals surface area contributed by atoms with Crippen LogP contribution in [0.5, 0.6) is 5.75 Å². The van der Waals surface area contributed by atoms with Gasteiger partial charge in [-0.25, -0.2) is 4.39 Å². The minimum Gasteiger partial charge on any atom is -0.489 e. The second-order valence-electron chi connectivity index (χ2n) is 3.33. The normalized spacial score (nSPS) is 20.3. The second-order valence-corrected chi connectivity index (χ2v) is 4.24. The molecular weight excluding hydrogens is 249 g/mol. The van der Waals surface area contributed by atoms with Gasteiger partial charge < -0.3 is 10.1 Å². The third kappa shape index (κ3) is 2.25. The van der Waals surface area contributed by atoms with Crippen LogP contribution in [0.4, 0.5) is 4.39 Å². The number of halogens is 2. The number of hydrogen-bond acceptors (Lipinski definition) is 2. The van der Waals surface area contributed by atoms with Crippen molar-refractivity contribution in [3.8, 4) is 5.75 Å². The summed E-state index contributed by atoms with van der Waals surface area (Å²) in [5.74, 6) is 0.000554. The molecule has 0 aliphatic carbocycles. The molecule has 2 rings (SSSR count). The standard InChI is InChI=1S/C10H11BrFNO/c11-7-1-2-9(12)10(5-7)14-6-8-3-4-13-8/h1-2,5,8,13H,3-4,6H2. The van der Waals surface area contributed by atoms with Gasteiger partial charge in [0, 0.05) is 10.5 Å². The largest absolute Gasteiger partial charge is 0.489 e. The first-order valence-corrected chi connectivity index (χ1v) is 5.36. The quantitative estimate of drug-likeness (QED) is 0.900. The first-order valence-electron chi connectivity index (χ1n) is 4.57. The minimum absolute atomic E-state index is 0.312. The van der Waals surface area contributed by atoms with E-state index in [1.165, 1.54) is 6.07 Å². The van der Waals surface area contributed by atoms with Crippen LogP contribution < -0.4 is 10.1 Å². The Kier molecular flexibility index (Phi) is 3.03. The van der Waals surface area contributed by atoms with E-state index in [9.17, 15) is 4.39 Å². The lowest BCUT2D eigenvalue weighted by atomic mass is 10.1. The van der Waals surface area contributed by atoms with Crippen molar-refractivity contribution >= 4 is 15.9 Å². The summed E-state index contributed by atoms with van der Waals surface area (Å²) in [6.07, 6.45) is 1.11. The molecule has 0 spiro atoms. The summed E-state index contributed by atoms with van der Waals surface area (Å²) in [6, 6.07) is 5.08. The van der Waals surface area contributed by atoms with E-state index in [0.29, 0.717) is 18.4 Å². The molecule has 1 unspecified atom stereocenters. The Morgan fingerprint density at radius 2 is 2.36 bits per heavy atom. The Hall–Kier alpha value is -0.610. The second kappa shape index (κ2) is 4.28. The number of hydrogen-bond donors (Lipinski definition) is 1. The van der Waals surface area contributed by atoms with Crippen molar-refractivity contribution in [3.63, 3.8) is 0 Å². The highest BCUT2D eigenvalue weighted by Gasteiger charge is 2.17. The molecule has 1 aliphatic heterocycles. The van der Waals surface area contributed by atoms with Gasteiger partial charge in [-0.1, -0.05) is 15.9 Å². The third-order valence-electron chi connectivity index (χ3n) is 2.26. The minimum atomic E-state index is -0.312. The fourth-order valence-electron chi connectivity index (χ4n) is 1.27. The van der Waals surface area contributed by atoms with Crippen LogP contribution >= 0.6 is 15.9 Å². The molecule has 0 bridgehead atoms. The summed E-state index contributed by atoms with van der Waals surface area (Å²) < 4.78 is 19.4. The zero-order chi connectivity index (χ0) is 9.97. The van der Waals surface area contributed by atoms with Crippen molar-refractivity contribution in [1.29, 1.82) is 0 Å². The smallest absolute Gasteiger partial charge is 0.165 e. The van der Waals surface area contributed by atoms with Gasteiger partial charge in [0.25, 0.3) is 0 Å². The van der Waals surface area contributed by atoms with E-state index in [1.807, 2.05) is 0 Å². The van der Waals surface area contributed by atoms with Gasteiger partial charge in [0.2, 0.25) is 0 Å². The van der Waals surface area contributed by atoms with Crippen LogP contribution in [0.1, 0.15) is 6.42 Å². The van der Waals surface area contributed by atoms with Crippen LogP contribution in [0.25, 0.3) is 0 Å². The molecule has 1 saturated heterocycles. The molecular formula is C10H11BrFNO. The van der Waals surface area contributed by atoms with Crippen molar-refractivity contribution in [2.75, 3.05) is 13.2 Å². The van der Waals surface area contributed by atoms with Gasteiger partial charge >= 0.3 is 0 Å². The van der Waals surface area contributed by atoms with E-state index < -0.39 is 0 Å². The van der Waals surface area contributed by atoms with Crippen LogP contribution in [0.2, 0.25) is 0 Å². The van der Waals surface area contributed by atoms with Crippen molar-refractivity contribution in [1.82, 2.24) is 5.32 Å². The lowest BCUT2D eigenvalue weighted by Gasteiger charge is -2.27. The fourth-order valence-corrected chi connectivity index (χ4v) is 1.61. The number of rotatable bonds is 3. The predicted octanol–water partition coefficient (Wildman–Crippen LogP) is 2.33. The molecule has 0 amide bonds. The molecule has 1 heterocycles. The first-order chi connectivity index (χ1) is 6.75. The molecule has 2 nitrogen and oxygen atoms in total. The lowest BCUT2D eigenvalue weighted by molar-refractivity contribution is 0.210. The van der Waals surface area contributed by atoms with Crippen molar-refractivity contribution in [2.24, 2.45) is 0 Å². The average molecular weight is 260 g/mol. The Labute approximate surface area is 90.6 Å². The van der Waals surface area contributed by atoms with Crippen molar-refractivity contribution in [2.45, 2.75) is 12.5 Å². The molecule has 14 heavy (non-hydrogen) atoms. The molecule has 1 aromatic rings. The topological polar surface area (TPSA) is 21.3 Å². The maximum absolute atomic E-state index is 13.2. The summed E-state index contributed by atoms with van der Waals surface area (Å²) in [5.41, 5.74) is 0. The molecule has 1 fully saturated rings. The monoisotopic (exact) mass is 259 g/mol. The number of benzene rings is 1. The van der Waals surface area contributed by atoms with E-state index in [0.717, 1.165) is 17.4 Å². The highest BCUT2D eigenvalue weighted by molar-refractivity contribution is 9.10.